The number of hydrogen-bond donors (Lipinski definition) is 1. The van der Waals surface area contributed by atoms with Gasteiger partial charge in [0.25, 0.3) is 0 Å². The Morgan fingerprint density at radius 1 is 0.846 bits per heavy atom. The molecule has 0 fully saturated rings. The monoisotopic (exact) mass is 363 g/mol. The first kappa shape index (κ1) is 16.4. The van der Waals surface area contributed by atoms with Crippen LogP contribution in [0, 0.1) is 0 Å². The van der Waals surface area contributed by atoms with Crippen LogP contribution in [0.15, 0.2) is 88.8 Å². The largest absolute Gasteiger partial charge is 0.497 e. The second kappa shape index (κ2) is 6.35. The number of aromatic amines is 1. The van der Waals surface area contributed by atoms with Crippen molar-refractivity contribution in [2.45, 2.75) is 9.92 Å². The fourth-order valence-electron chi connectivity index (χ4n) is 3.08. The van der Waals surface area contributed by atoms with Gasteiger partial charge in [0, 0.05) is 16.5 Å². The summed E-state index contributed by atoms with van der Waals surface area (Å²) in [4.78, 5) is 3.37. The van der Waals surface area contributed by atoms with Gasteiger partial charge in [-0.25, -0.2) is 8.42 Å². The molecule has 0 amide bonds. The van der Waals surface area contributed by atoms with E-state index in [0.29, 0.717) is 11.3 Å². The number of fused-ring (bicyclic) bond motifs is 1. The van der Waals surface area contributed by atoms with Crippen molar-refractivity contribution in [1.29, 1.82) is 0 Å². The molecule has 3 aromatic carbocycles. The molecular formula is C21H17NO3S. The zero-order valence-electron chi connectivity index (χ0n) is 14.1. The minimum absolute atomic E-state index is 0.193. The van der Waals surface area contributed by atoms with Crippen molar-refractivity contribution in [1.82, 2.24) is 4.98 Å². The zero-order chi connectivity index (χ0) is 18.1. The Hall–Kier alpha value is -3.05. The van der Waals surface area contributed by atoms with Crippen molar-refractivity contribution in [2.75, 3.05) is 7.11 Å². The Morgan fingerprint density at radius 2 is 1.50 bits per heavy atom. The van der Waals surface area contributed by atoms with Gasteiger partial charge in [-0.2, -0.15) is 0 Å². The number of rotatable bonds is 4. The molecule has 0 aliphatic rings. The van der Waals surface area contributed by atoms with Crippen molar-refractivity contribution in [2.24, 2.45) is 0 Å². The third-order valence-corrected chi connectivity index (χ3v) is 6.09. The fourth-order valence-corrected chi connectivity index (χ4v) is 4.58. The summed E-state index contributed by atoms with van der Waals surface area (Å²) in [6, 6.07) is 23.5. The second-order valence-corrected chi connectivity index (χ2v) is 7.81. The molecule has 26 heavy (non-hydrogen) atoms. The maximum atomic E-state index is 13.3. The van der Waals surface area contributed by atoms with Gasteiger partial charge in [0.15, 0.2) is 0 Å². The summed E-state index contributed by atoms with van der Waals surface area (Å²) in [5.41, 5.74) is 2.24. The number of H-pyrrole nitrogens is 1. The quantitative estimate of drug-likeness (QED) is 0.573. The molecule has 5 heteroatoms. The van der Waals surface area contributed by atoms with Gasteiger partial charge in [-0.15, -0.1) is 0 Å². The maximum absolute atomic E-state index is 13.3. The fraction of sp³-hybridized carbons (Fsp3) is 0.0476. The molecule has 4 rings (SSSR count). The van der Waals surface area contributed by atoms with Gasteiger partial charge in [0.05, 0.1) is 12.0 Å². The summed E-state index contributed by atoms with van der Waals surface area (Å²) < 4.78 is 31.9. The van der Waals surface area contributed by atoms with Crippen molar-refractivity contribution in [3.05, 3.63) is 78.9 Å². The summed E-state index contributed by atoms with van der Waals surface area (Å²) in [5.74, 6) is 0.678. The van der Waals surface area contributed by atoms with Crippen LogP contribution in [0.5, 0.6) is 5.75 Å². The van der Waals surface area contributed by atoms with E-state index in [0.717, 1.165) is 16.5 Å². The summed E-state index contributed by atoms with van der Waals surface area (Å²) >= 11 is 0. The first-order valence-electron chi connectivity index (χ1n) is 8.16. The van der Waals surface area contributed by atoms with Crippen molar-refractivity contribution < 1.29 is 13.2 Å². The third-order valence-electron chi connectivity index (χ3n) is 4.36. The lowest BCUT2D eigenvalue weighted by molar-refractivity contribution is 0.415. The van der Waals surface area contributed by atoms with E-state index in [2.05, 4.69) is 4.98 Å². The molecule has 1 N–H and O–H groups in total. The van der Waals surface area contributed by atoms with Crippen LogP contribution in [0.2, 0.25) is 0 Å². The van der Waals surface area contributed by atoms with Gasteiger partial charge in [0.1, 0.15) is 10.8 Å². The number of benzene rings is 3. The molecule has 0 aliphatic heterocycles. The van der Waals surface area contributed by atoms with Crippen LogP contribution in [0.1, 0.15) is 0 Å². The lowest BCUT2D eigenvalue weighted by atomic mass is 10.0. The summed E-state index contributed by atoms with van der Waals surface area (Å²) in [5, 5.41) is 1.00. The van der Waals surface area contributed by atoms with Crippen LogP contribution in [-0.4, -0.2) is 20.5 Å². The van der Waals surface area contributed by atoms with E-state index in [1.807, 2.05) is 48.5 Å². The number of nitrogens with one attached hydrogen (secondary N) is 1. The first-order valence-corrected chi connectivity index (χ1v) is 9.65. The third kappa shape index (κ3) is 2.66. The summed E-state index contributed by atoms with van der Waals surface area (Å²) in [6.45, 7) is 0. The predicted molar refractivity (Wildman–Crippen MR) is 102 cm³/mol. The van der Waals surface area contributed by atoms with Crippen molar-refractivity contribution >= 4 is 20.7 Å². The zero-order valence-corrected chi connectivity index (χ0v) is 15.0. The smallest absolute Gasteiger partial charge is 0.222 e. The predicted octanol–water partition coefficient (Wildman–Crippen LogP) is 4.68. The summed E-state index contributed by atoms with van der Waals surface area (Å²) in [7, 11) is -2.10. The van der Waals surface area contributed by atoms with Gasteiger partial charge in [-0.05, 0) is 35.9 Å². The average Bonchev–Trinajstić information content (AvgIpc) is 3.08. The Labute approximate surface area is 152 Å². The lowest BCUT2D eigenvalue weighted by Gasteiger charge is -2.07. The molecular weight excluding hydrogens is 346 g/mol. The number of sulfone groups is 1. The molecule has 1 heterocycles. The molecule has 0 radical (unpaired) electrons. The van der Waals surface area contributed by atoms with E-state index in [1.54, 1.807) is 37.4 Å². The van der Waals surface area contributed by atoms with E-state index in [-0.39, 0.29) is 9.92 Å². The minimum atomic E-state index is -3.70. The molecule has 4 nitrogen and oxygen atoms in total. The molecule has 0 bridgehead atoms. The highest BCUT2D eigenvalue weighted by Gasteiger charge is 2.26. The van der Waals surface area contributed by atoms with E-state index in [9.17, 15) is 8.42 Å². The highest BCUT2D eigenvalue weighted by atomic mass is 32.2. The normalized spacial score (nSPS) is 11.6. The molecule has 0 unspecified atom stereocenters. The van der Waals surface area contributed by atoms with Crippen molar-refractivity contribution in [3.8, 4) is 16.9 Å². The SMILES string of the molecule is COc1ccc2[nH]c(S(=O)(=O)c3ccccc3)c(-c3ccccc3)c2c1. The van der Waals surface area contributed by atoms with Crippen LogP contribution in [0.4, 0.5) is 0 Å². The molecule has 0 spiro atoms. The number of aromatic nitrogens is 1. The van der Waals surface area contributed by atoms with Gasteiger partial charge in [0.2, 0.25) is 9.84 Å². The van der Waals surface area contributed by atoms with E-state index in [1.165, 1.54) is 0 Å². The number of hydrogen-bond acceptors (Lipinski definition) is 3. The molecule has 0 aliphatic carbocycles. The highest BCUT2D eigenvalue weighted by Crippen LogP contribution is 2.38. The average molecular weight is 363 g/mol. The Morgan fingerprint density at radius 3 is 2.15 bits per heavy atom. The number of methoxy groups -OCH3 is 1. The van der Waals surface area contributed by atoms with Crippen LogP contribution < -0.4 is 4.74 Å². The first-order chi connectivity index (χ1) is 12.6. The van der Waals surface area contributed by atoms with Crippen molar-refractivity contribution in [3.63, 3.8) is 0 Å². The van der Waals surface area contributed by atoms with Gasteiger partial charge >= 0.3 is 0 Å². The van der Waals surface area contributed by atoms with Gasteiger partial charge < -0.3 is 9.72 Å². The lowest BCUT2D eigenvalue weighted by Crippen LogP contribution is -2.03. The van der Waals surface area contributed by atoms with Crippen LogP contribution in [-0.2, 0) is 9.84 Å². The molecule has 130 valence electrons. The highest BCUT2D eigenvalue weighted by molar-refractivity contribution is 7.91. The van der Waals surface area contributed by atoms with Gasteiger partial charge in [-0.3, -0.25) is 0 Å². The van der Waals surface area contributed by atoms with E-state index in [4.69, 9.17) is 4.74 Å². The van der Waals surface area contributed by atoms with Crippen LogP contribution in [0.3, 0.4) is 0 Å². The van der Waals surface area contributed by atoms with Gasteiger partial charge in [-0.1, -0.05) is 48.5 Å². The molecule has 0 atom stereocenters. The maximum Gasteiger partial charge on any atom is 0.222 e. The molecule has 0 saturated heterocycles. The topological polar surface area (TPSA) is 59.2 Å². The molecule has 4 aromatic rings. The Kier molecular flexibility index (Phi) is 4.01. The second-order valence-electron chi connectivity index (χ2n) is 5.92. The Balaban J connectivity index is 2.07. The number of ether oxygens (including phenoxy) is 1. The van der Waals surface area contributed by atoms with Crippen LogP contribution in [0.25, 0.3) is 22.0 Å². The minimum Gasteiger partial charge on any atom is -0.497 e. The van der Waals surface area contributed by atoms with E-state index < -0.39 is 9.84 Å². The van der Waals surface area contributed by atoms with Crippen LogP contribution >= 0.6 is 0 Å². The van der Waals surface area contributed by atoms with E-state index >= 15 is 0 Å². The Bertz CT molecular complexity index is 1160. The summed E-state index contributed by atoms with van der Waals surface area (Å²) in [6.07, 6.45) is 0. The standard InChI is InChI=1S/C21H17NO3S/c1-25-16-12-13-19-18(14-16)20(15-8-4-2-5-9-15)21(22-19)26(23,24)17-10-6-3-7-11-17/h2-14,22H,1H3. The molecule has 0 saturated carbocycles. The molecule has 1 aromatic heterocycles.